The molecule has 26 heavy (non-hydrogen) atoms. The Morgan fingerprint density at radius 3 is 2.62 bits per heavy atom. The summed E-state index contributed by atoms with van der Waals surface area (Å²) in [6.45, 7) is 6.61. The van der Waals surface area contributed by atoms with Crippen LogP contribution in [0.2, 0.25) is 0 Å². The maximum atomic E-state index is 12.6. The van der Waals surface area contributed by atoms with Crippen molar-refractivity contribution in [1.29, 1.82) is 0 Å². The van der Waals surface area contributed by atoms with Gasteiger partial charge in [0.15, 0.2) is 0 Å². The van der Waals surface area contributed by atoms with Crippen molar-refractivity contribution < 1.29 is 9.90 Å². The Bertz CT molecular complexity index is 1060. The van der Waals surface area contributed by atoms with Crippen LogP contribution in [0.3, 0.4) is 0 Å². The molecule has 4 rings (SSSR count). The quantitative estimate of drug-likeness (QED) is 0.767. The molecule has 1 N–H and O–H groups in total. The molecule has 136 valence electrons. The van der Waals surface area contributed by atoms with Gasteiger partial charge in [-0.2, -0.15) is 0 Å². The van der Waals surface area contributed by atoms with Gasteiger partial charge in [-0.05, 0) is 32.2 Å². The largest absolute Gasteiger partial charge is 0.477 e. The molecule has 0 saturated carbocycles. The highest BCUT2D eigenvalue weighted by Crippen LogP contribution is 2.35. The van der Waals surface area contributed by atoms with Gasteiger partial charge in [-0.1, -0.05) is 0 Å². The molecule has 1 aliphatic heterocycles. The van der Waals surface area contributed by atoms with Gasteiger partial charge in [0.2, 0.25) is 5.43 Å². The molecule has 1 aromatic carbocycles. The fourth-order valence-electron chi connectivity index (χ4n) is 3.58. The second-order valence-electron chi connectivity index (χ2n) is 6.71. The Morgan fingerprint density at radius 2 is 1.96 bits per heavy atom. The summed E-state index contributed by atoms with van der Waals surface area (Å²) < 4.78 is 3.42. The first kappa shape index (κ1) is 17.1. The number of thiophene rings is 1. The number of carboxylic acid groups (broad SMARTS) is 1. The Hall–Kier alpha value is -2.38. The highest BCUT2D eigenvalue weighted by atomic mass is 32.1. The van der Waals surface area contributed by atoms with E-state index >= 15 is 0 Å². The number of fused-ring (bicyclic) bond motifs is 3. The molecule has 1 fully saturated rings. The summed E-state index contributed by atoms with van der Waals surface area (Å²) in [5.41, 5.74) is 1.45. The van der Waals surface area contributed by atoms with E-state index < -0.39 is 5.97 Å². The third kappa shape index (κ3) is 2.68. The van der Waals surface area contributed by atoms with E-state index in [9.17, 15) is 14.7 Å². The van der Waals surface area contributed by atoms with Gasteiger partial charge in [0.1, 0.15) is 10.3 Å². The van der Waals surface area contributed by atoms with Crippen LogP contribution in [0.4, 0.5) is 5.69 Å². The van der Waals surface area contributed by atoms with Crippen LogP contribution in [0, 0.1) is 0 Å². The van der Waals surface area contributed by atoms with E-state index in [1.165, 1.54) is 17.5 Å². The van der Waals surface area contributed by atoms with Gasteiger partial charge in [-0.15, -0.1) is 11.3 Å². The maximum Gasteiger partial charge on any atom is 0.341 e. The van der Waals surface area contributed by atoms with Crippen LogP contribution in [0.1, 0.15) is 17.3 Å². The monoisotopic (exact) mass is 371 g/mol. The number of rotatable bonds is 3. The summed E-state index contributed by atoms with van der Waals surface area (Å²) in [5.74, 6) is -1.17. The molecule has 0 atom stereocenters. The number of carboxylic acids is 1. The molecule has 6 nitrogen and oxygen atoms in total. The van der Waals surface area contributed by atoms with Crippen LogP contribution in [0.25, 0.3) is 20.3 Å². The zero-order chi connectivity index (χ0) is 18.4. The minimum atomic E-state index is -1.17. The van der Waals surface area contributed by atoms with E-state index in [1.807, 2.05) is 11.5 Å². The highest BCUT2D eigenvalue weighted by molar-refractivity contribution is 7.25. The summed E-state index contributed by atoms with van der Waals surface area (Å²) in [5, 5.41) is 10.3. The van der Waals surface area contributed by atoms with Crippen molar-refractivity contribution >= 4 is 43.3 Å². The number of aromatic carboxylic acids is 1. The third-order valence-corrected chi connectivity index (χ3v) is 6.25. The molecule has 0 spiro atoms. The molecule has 1 aliphatic rings. The van der Waals surface area contributed by atoms with Crippen molar-refractivity contribution in [3.05, 3.63) is 40.2 Å². The van der Waals surface area contributed by atoms with Crippen molar-refractivity contribution in [3.63, 3.8) is 0 Å². The number of piperazine rings is 1. The van der Waals surface area contributed by atoms with Crippen molar-refractivity contribution in [2.75, 3.05) is 38.1 Å². The van der Waals surface area contributed by atoms with Gasteiger partial charge in [-0.25, -0.2) is 4.79 Å². The smallest absolute Gasteiger partial charge is 0.341 e. The Kier molecular flexibility index (Phi) is 4.20. The zero-order valence-corrected chi connectivity index (χ0v) is 15.7. The molecular weight excluding hydrogens is 350 g/mol. The van der Waals surface area contributed by atoms with Crippen LogP contribution in [0.15, 0.2) is 29.2 Å². The van der Waals surface area contributed by atoms with E-state index in [1.54, 1.807) is 0 Å². The average Bonchev–Trinajstić information content (AvgIpc) is 3.02. The lowest BCUT2D eigenvalue weighted by molar-refractivity contribution is 0.0695. The molecule has 1 saturated heterocycles. The van der Waals surface area contributed by atoms with E-state index in [4.69, 9.17) is 0 Å². The maximum absolute atomic E-state index is 12.6. The molecule has 7 heteroatoms. The predicted octanol–water partition coefficient (Wildman–Crippen LogP) is 2.69. The molecule has 0 unspecified atom stereocenters. The molecule has 3 aromatic rings. The van der Waals surface area contributed by atoms with E-state index in [2.05, 4.69) is 35.0 Å². The molecule has 0 radical (unpaired) electrons. The minimum Gasteiger partial charge on any atom is -0.477 e. The number of hydrogen-bond donors (Lipinski definition) is 1. The Labute approximate surface area is 154 Å². The summed E-state index contributed by atoms with van der Waals surface area (Å²) in [7, 11) is 2.13. The lowest BCUT2D eigenvalue weighted by Crippen LogP contribution is -2.44. The fourth-order valence-corrected chi connectivity index (χ4v) is 4.78. The van der Waals surface area contributed by atoms with Crippen molar-refractivity contribution in [2.45, 2.75) is 13.5 Å². The number of aromatic nitrogens is 1. The Balaban J connectivity index is 1.90. The number of nitrogens with zero attached hydrogens (tertiary/aromatic N) is 3. The third-order valence-electron chi connectivity index (χ3n) is 5.11. The first-order chi connectivity index (χ1) is 12.5. The lowest BCUT2D eigenvalue weighted by Gasteiger charge is -2.34. The SMILES string of the molecule is CCn1cc(C(=O)O)c(=O)c2sc3cc(N4CCN(C)CC4)ccc3c21. The van der Waals surface area contributed by atoms with Crippen LogP contribution in [-0.2, 0) is 6.54 Å². The highest BCUT2D eigenvalue weighted by Gasteiger charge is 2.20. The first-order valence-corrected chi connectivity index (χ1v) is 9.57. The number of aryl methyl sites for hydroxylation is 1. The standard InChI is InChI=1S/C19H21N3O3S/c1-3-21-11-14(19(24)25)17(23)18-16(21)13-5-4-12(10-15(13)26-18)22-8-6-20(2)7-9-22/h4-5,10-11H,3,6-9H2,1-2H3,(H,24,25). The minimum absolute atomic E-state index is 0.162. The van der Waals surface area contributed by atoms with Crippen molar-refractivity contribution in [1.82, 2.24) is 9.47 Å². The van der Waals surface area contributed by atoms with Crippen molar-refractivity contribution in [2.24, 2.45) is 0 Å². The van der Waals surface area contributed by atoms with Crippen LogP contribution in [0.5, 0.6) is 0 Å². The van der Waals surface area contributed by atoms with Crippen molar-refractivity contribution in [3.8, 4) is 0 Å². The second-order valence-corrected chi connectivity index (χ2v) is 7.77. The average molecular weight is 371 g/mol. The number of anilines is 1. The molecule has 2 aromatic heterocycles. The number of benzene rings is 1. The van der Waals surface area contributed by atoms with Gasteiger partial charge in [0.05, 0.1) is 5.52 Å². The molecule has 0 amide bonds. The topological polar surface area (TPSA) is 65.8 Å². The van der Waals surface area contributed by atoms with Crippen LogP contribution < -0.4 is 10.3 Å². The molecule has 3 heterocycles. The van der Waals surface area contributed by atoms with Gasteiger partial charge in [-0.3, -0.25) is 4.79 Å². The fraction of sp³-hybridized carbons (Fsp3) is 0.368. The van der Waals surface area contributed by atoms with E-state index in [0.29, 0.717) is 11.2 Å². The number of carbonyl (C=O) groups is 1. The van der Waals surface area contributed by atoms with E-state index in [0.717, 1.165) is 47.5 Å². The summed E-state index contributed by atoms with van der Waals surface area (Å²) in [6, 6.07) is 6.30. The molecular formula is C19H21N3O3S. The van der Waals surface area contributed by atoms with Crippen LogP contribution >= 0.6 is 11.3 Å². The summed E-state index contributed by atoms with van der Waals surface area (Å²) in [4.78, 5) is 28.7. The van der Waals surface area contributed by atoms with Gasteiger partial charge in [0, 0.05) is 54.7 Å². The first-order valence-electron chi connectivity index (χ1n) is 8.76. The van der Waals surface area contributed by atoms with Gasteiger partial charge in [0.25, 0.3) is 0 Å². The molecule has 0 aliphatic carbocycles. The molecule has 0 bridgehead atoms. The van der Waals surface area contributed by atoms with Gasteiger partial charge < -0.3 is 19.5 Å². The lowest BCUT2D eigenvalue weighted by atomic mass is 10.1. The number of likely N-dealkylation sites (N-methyl/N-ethyl adjacent to an activating group) is 1. The summed E-state index contributed by atoms with van der Waals surface area (Å²) >= 11 is 1.39. The predicted molar refractivity (Wildman–Crippen MR) is 106 cm³/mol. The number of hydrogen-bond acceptors (Lipinski definition) is 5. The number of pyridine rings is 1. The second kappa shape index (κ2) is 6.41. The van der Waals surface area contributed by atoms with Gasteiger partial charge >= 0.3 is 5.97 Å². The Morgan fingerprint density at radius 1 is 1.23 bits per heavy atom. The van der Waals surface area contributed by atoms with Crippen LogP contribution in [-0.4, -0.2) is 53.8 Å². The normalized spacial score (nSPS) is 15.8. The summed E-state index contributed by atoms with van der Waals surface area (Å²) in [6.07, 6.45) is 1.47. The zero-order valence-electron chi connectivity index (χ0n) is 14.9. The van der Waals surface area contributed by atoms with E-state index in [-0.39, 0.29) is 11.0 Å².